The van der Waals surface area contributed by atoms with E-state index >= 15 is 0 Å². The lowest BCUT2D eigenvalue weighted by Crippen LogP contribution is -2.10. The first-order valence-electron chi connectivity index (χ1n) is 19.8. The standard InChI is InChI=1S/C55H37N3/c1-4-12-38(13-5-1)44-34-45(39-14-6-2-7-15-39)36-49(35-44)57(48-19-11-33-56-37-48)47-28-25-41(26-29-47)40-21-23-42(24-22-40)50-31-32-53-55-51(50)30-27-43-16-10-20-52(54(43)55)58(53)46-17-8-3-9-18-46/h1-37H. The lowest BCUT2D eigenvalue weighted by Gasteiger charge is -2.26. The summed E-state index contributed by atoms with van der Waals surface area (Å²) >= 11 is 0. The zero-order chi connectivity index (χ0) is 38.4. The minimum absolute atomic E-state index is 0.998. The van der Waals surface area contributed by atoms with Crippen LogP contribution in [0.15, 0.2) is 225 Å². The molecule has 11 rings (SSSR count). The number of para-hydroxylation sites is 1. The van der Waals surface area contributed by atoms with Gasteiger partial charge in [-0.1, -0.05) is 146 Å². The van der Waals surface area contributed by atoms with E-state index in [4.69, 9.17) is 0 Å². The van der Waals surface area contributed by atoms with Crippen molar-refractivity contribution in [2.75, 3.05) is 4.90 Å². The second-order valence-corrected chi connectivity index (χ2v) is 14.8. The molecule has 3 heteroatoms. The number of hydrogen-bond acceptors (Lipinski definition) is 2. The van der Waals surface area contributed by atoms with Crippen LogP contribution < -0.4 is 4.90 Å². The number of hydrogen-bond donors (Lipinski definition) is 0. The summed E-state index contributed by atoms with van der Waals surface area (Å²) in [6.45, 7) is 0. The molecule has 0 amide bonds. The highest BCUT2D eigenvalue weighted by Gasteiger charge is 2.20. The molecule has 2 aromatic heterocycles. The van der Waals surface area contributed by atoms with Gasteiger partial charge in [-0.15, -0.1) is 0 Å². The fourth-order valence-electron chi connectivity index (χ4n) is 8.71. The number of aromatic nitrogens is 2. The van der Waals surface area contributed by atoms with Crippen LogP contribution in [-0.4, -0.2) is 9.55 Å². The maximum Gasteiger partial charge on any atom is 0.0644 e. The van der Waals surface area contributed by atoms with Gasteiger partial charge >= 0.3 is 0 Å². The zero-order valence-electron chi connectivity index (χ0n) is 31.7. The first kappa shape index (κ1) is 33.6. The summed E-state index contributed by atoms with van der Waals surface area (Å²) in [5.74, 6) is 0. The molecular weight excluding hydrogens is 703 g/mol. The van der Waals surface area contributed by atoms with Gasteiger partial charge < -0.3 is 9.47 Å². The third kappa shape index (κ3) is 5.80. The minimum Gasteiger partial charge on any atom is -0.309 e. The van der Waals surface area contributed by atoms with Crippen molar-refractivity contribution in [1.29, 1.82) is 0 Å². The molecule has 0 saturated carbocycles. The lowest BCUT2D eigenvalue weighted by molar-refractivity contribution is 1.18. The Morgan fingerprint density at radius 3 is 1.62 bits per heavy atom. The van der Waals surface area contributed by atoms with E-state index in [1.807, 2.05) is 18.5 Å². The monoisotopic (exact) mass is 739 g/mol. The first-order chi connectivity index (χ1) is 28.8. The summed E-state index contributed by atoms with van der Waals surface area (Å²) < 4.78 is 2.40. The van der Waals surface area contributed by atoms with Gasteiger partial charge in [0.1, 0.15) is 0 Å². The summed E-state index contributed by atoms with van der Waals surface area (Å²) in [4.78, 5) is 6.83. The first-order valence-corrected chi connectivity index (χ1v) is 19.8. The van der Waals surface area contributed by atoms with Gasteiger partial charge in [0.2, 0.25) is 0 Å². The quantitative estimate of drug-likeness (QED) is 0.145. The smallest absolute Gasteiger partial charge is 0.0644 e. The van der Waals surface area contributed by atoms with E-state index in [0.29, 0.717) is 0 Å². The lowest BCUT2D eigenvalue weighted by atomic mass is 9.93. The highest BCUT2D eigenvalue weighted by molar-refractivity contribution is 6.26. The molecule has 0 atom stereocenters. The largest absolute Gasteiger partial charge is 0.309 e. The van der Waals surface area contributed by atoms with Gasteiger partial charge in [0.25, 0.3) is 0 Å². The maximum absolute atomic E-state index is 4.53. The van der Waals surface area contributed by atoms with Gasteiger partial charge in [0.15, 0.2) is 0 Å². The van der Waals surface area contributed by atoms with Crippen LogP contribution >= 0.6 is 0 Å². The van der Waals surface area contributed by atoms with Crippen LogP contribution in [0.25, 0.3) is 82.8 Å². The van der Waals surface area contributed by atoms with Crippen LogP contribution in [0.1, 0.15) is 0 Å². The molecule has 272 valence electrons. The van der Waals surface area contributed by atoms with Gasteiger partial charge in [-0.25, -0.2) is 0 Å². The molecule has 0 fully saturated rings. The Kier molecular flexibility index (Phi) is 8.15. The van der Waals surface area contributed by atoms with Gasteiger partial charge in [-0.3, -0.25) is 4.98 Å². The number of pyridine rings is 1. The fraction of sp³-hybridized carbons (Fsp3) is 0. The third-order valence-corrected chi connectivity index (χ3v) is 11.4. The Bertz CT molecular complexity index is 3110. The normalized spacial score (nSPS) is 11.4. The van der Waals surface area contributed by atoms with Crippen molar-refractivity contribution in [3.05, 3.63) is 225 Å². The van der Waals surface area contributed by atoms with Crippen molar-refractivity contribution < 1.29 is 0 Å². The SMILES string of the molecule is c1ccc(-c2cc(-c3ccccc3)cc(N(c3ccc(-c4ccc(-c5ccc6c7c5ccc5cccc(c57)n6-c5ccccc5)cc4)cc3)c3cccnc3)c2)cc1. The molecule has 0 radical (unpaired) electrons. The van der Waals surface area contributed by atoms with Crippen molar-refractivity contribution in [2.24, 2.45) is 0 Å². The molecule has 58 heavy (non-hydrogen) atoms. The average molecular weight is 740 g/mol. The highest BCUT2D eigenvalue weighted by atomic mass is 15.1. The third-order valence-electron chi connectivity index (χ3n) is 11.4. The van der Waals surface area contributed by atoms with Crippen molar-refractivity contribution in [1.82, 2.24) is 9.55 Å². The molecule has 0 unspecified atom stereocenters. The number of rotatable bonds is 8. The molecule has 0 bridgehead atoms. The molecule has 0 saturated heterocycles. The van der Waals surface area contributed by atoms with Crippen LogP contribution in [-0.2, 0) is 0 Å². The van der Waals surface area contributed by atoms with Crippen LogP contribution in [0, 0.1) is 0 Å². The number of benzene rings is 9. The van der Waals surface area contributed by atoms with E-state index in [1.54, 1.807) is 0 Å². The Labute approximate surface area is 337 Å². The summed E-state index contributed by atoms with van der Waals surface area (Å²) in [5, 5.41) is 5.18. The number of nitrogens with zero attached hydrogens (tertiary/aromatic N) is 3. The molecule has 3 nitrogen and oxygen atoms in total. The predicted octanol–water partition coefficient (Wildman–Crippen LogP) is 14.9. The zero-order valence-corrected chi connectivity index (χ0v) is 31.7. The van der Waals surface area contributed by atoms with Crippen molar-refractivity contribution in [3.63, 3.8) is 0 Å². The predicted molar refractivity (Wildman–Crippen MR) is 244 cm³/mol. The van der Waals surface area contributed by atoms with Crippen LogP contribution in [0.5, 0.6) is 0 Å². The van der Waals surface area contributed by atoms with Crippen LogP contribution in [0.3, 0.4) is 0 Å². The summed E-state index contributed by atoms with van der Waals surface area (Å²) in [5.41, 5.74) is 16.2. The molecular formula is C55H37N3. The Hall–Kier alpha value is -7.75. The molecule has 11 aromatic rings. The number of anilines is 3. The molecule has 9 aromatic carbocycles. The van der Waals surface area contributed by atoms with Crippen LogP contribution in [0.4, 0.5) is 17.1 Å². The summed E-state index contributed by atoms with van der Waals surface area (Å²) in [6.07, 6.45) is 3.76. The van der Waals surface area contributed by atoms with Gasteiger partial charge in [-0.2, -0.15) is 0 Å². The van der Waals surface area contributed by atoms with Gasteiger partial charge in [-0.05, 0) is 122 Å². The van der Waals surface area contributed by atoms with E-state index in [2.05, 4.69) is 221 Å². The van der Waals surface area contributed by atoms with Gasteiger partial charge in [0.05, 0.1) is 22.9 Å². The van der Waals surface area contributed by atoms with E-state index in [-0.39, 0.29) is 0 Å². The molecule has 0 aliphatic heterocycles. The summed E-state index contributed by atoms with van der Waals surface area (Å²) in [6, 6.07) is 76.6. The van der Waals surface area contributed by atoms with Gasteiger partial charge in [0, 0.05) is 34.0 Å². The molecule has 0 aliphatic carbocycles. The Morgan fingerprint density at radius 1 is 0.362 bits per heavy atom. The van der Waals surface area contributed by atoms with E-state index < -0.39 is 0 Å². The molecule has 0 aliphatic rings. The second-order valence-electron chi connectivity index (χ2n) is 14.8. The molecule has 0 N–H and O–H groups in total. The summed E-state index contributed by atoms with van der Waals surface area (Å²) in [7, 11) is 0. The Balaban J connectivity index is 0.963. The van der Waals surface area contributed by atoms with Crippen LogP contribution in [0.2, 0.25) is 0 Å². The van der Waals surface area contributed by atoms with Crippen molar-refractivity contribution >= 4 is 49.6 Å². The maximum atomic E-state index is 4.53. The molecule has 2 heterocycles. The molecule has 0 spiro atoms. The van der Waals surface area contributed by atoms with E-state index in [0.717, 1.165) is 33.8 Å². The van der Waals surface area contributed by atoms with E-state index in [1.165, 1.54) is 66.1 Å². The van der Waals surface area contributed by atoms with Crippen molar-refractivity contribution in [3.8, 4) is 50.2 Å². The van der Waals surface area contributed by atoms with Crippen molar-refractivity contribution in [2.45, 2.75) is 0 Å². The average Bonchev–Trinajstić information content (AvgIpc) is 3.65. The van der Waals surface area contributed by atoms with E-state index in [9.17, 15) is 0 Å². The highest BCUT2D eigenvalue weighted by Crippen LogP contribution is 2.43. The topological polar surface area (TPSA) is 21.1 Å². The fourth-order valence-corrected chi connectivity index (χ4v) is 8.71. The second kappa shape index (κ2) is 14.1. The minimum atomic E-state index is 0.998. The Morgan fingerprint density at radius 2 is 0.966 bits per heavy atom.